The second-order valence-corrected chi connectivity index (χ2v) is 11.0. The number of aliphatic hydroxyl groups excluding tert-OH is 1. The van der Waals surface area contributed by atoms with E-state index < -0.39 is 0 Å². The lowest BCUT2D eigenvalue weighted by atomic mass is 9.90. The first-order valence-corrected chi connectivity index (χ1v) is 14.1. The van der Waals surface area contributed by atoms with Gasteiger partial charge < -0.3 is 25.2 Å². The van der Waals surface area contributed by atoms with Gasteiger partial charge in [0.2, 0.25) is 0 Å². The van der Waals surface area contributed by atoms with Crippen molar-refractivity contribution in [3.63, 3.8) is 0 Å². The van der Waals surface area contributed by atoms with E-state index in [1.54, 1.807) is 12.1 Å². The number of rotatable bonds is 2. The van der Waals surface area contributed by atoms with E-state index in [9.17, 15) is 20.4 Å². The van der Waals surface area contributed by atoms with Crippen LogP contribution in [0.5, 0.6) is 28.7 Å². The van der Waals surface area contributed by atoms with Gasteiger partial charge in [-0.3, -0.25) is 4.90 Å². The summed E-state index contributed by atoms with van der Waals surface area (Å²) >= 11 is 0. The average Bonchev–Trinajstić information content (AvgIpc) is 2.95. The Morgan fingerprint density at radius 3 is 2.12 bits per heavy atom. The van der Waals surface area contributed by atoms with Gasteiger partial charge in [0.1, 0.15) is 17.2 Å². The molecule has 0 aromatic heterocycles. The van der Waals surface area contributed by atoms with Crippen LogP contribution in [0.3, 0.4) is 0 Å². The molecule has 0 aliphatic carbocycles. The lowest BCUT2D eigenvalue weighted by molar-refractivity contribution is 0.0789. The summed E-state index contributed by atoms with van der Waals surface area (Å²) in [6, 6.07) is 23.0. The van der Waals surface area contributed by atoms with Gasteiger partial charge in [-0.05, 0) is 91.1 Å². The Hall–Kier alpha value is -4.00. The molecule has 0 unspecified atom stereocenters. The Balaban J connectivity index is 1.38. The normalized spacial score (nSPS) is 16.2. The summed E-state index contributed by atoms with van der Waals surface area (Å²) in [6.07, 6.45) is 4.08. The maximum absolute atomic E-state index is 11.6. The van der Waals surface area contributed by atoms with Crippen molar-refractivity contribution >= 4 is 0 Å². The molecule has 0 atom stereocenters. The van der Waals surface area contributed by atoms with Gasteiger partial charge in [0.15, 0.2) is 11.5 Å². The summed E-state index contributed by atoms with van der Waals surface area (Å²) in [5.41, 5.74) is 6.23. The maximum atomic E-state index is 11.6. The van der Waals surface area contributed by atoms with E-state index in [1.807, 2.05) is 54.6 Å². The first-order chi connectivity index (χ1) is 19.4. The highest BCUT2D eigenvalue weighted by molar-refractivity contribution is 5.80. The Morgan fingerprint density at radius 2 is 1.38 bits per heavy atom. The number of hydrogen-bond acceptors (Lipinski definition) is 6. The quantitative estimate of drug-likeness (QED) is 0.247. The minimum atomic E-state index is -0.246. The van der Waals surface area contributed by atoms with Gasteiger partial charge >= 0.3 is 0 Å². The molecule has 5 heterocycles. The zero-order chi connectivity index (χ0) is 27.6. The van der Waals surface area contributed by atoms with Crippen LogP contribution in [-0.2, 0) is 32.2 Å². The SMILES string of the molecule is Oc1ccc2cc1Oc1ccc(cc1)CCc1ccc(CN3CCC(O)CC3)c(O)c1-c1ccc(cc1O)CC2. The molecule has 4 N–H and O–H groups in total. The zero-order valence-corrected chi connectivity index (χ0v) is 22.5. The average molecular weight is 538 g/mol. The molecule has 6 bridgehead atoms. The van der Waals surface area contributed by atoms with Crippen LogP contribution in [0.15, 0.2) is 72.8 Å². The van der Waals surface area contributed by atoms with Crippen molar-refractivity contribution in [2.75, 3.05) is 13.1 Å². The number of likely N-dealkylation sites (tertiary alicyclic amines) is 1. The van der Waals surface area contributed by atoms with E-state index in [-0.39, 0.29) is 23.4 Å². The smallest absolute Gasteiger partial charge is 0.169 e. The number of aromatic hydroxyl groups is 3. The maximum Gasteiger partial charge on any atom is 0.169 e. The van der Waals surface area contributed by atoms with Crippen molar-refractivity contribution in [2.24, 2.45) is 0 Å². The number of hydrogen-bond donors (Lipinski definition) is 4. The van der Waals surface area contributed by atoms with Crippen molar-refractivity contribution < 1.29 is 25.2 Å². The van der Waals surface area contributed by atoms with Crippen molar-refractivity contribution in [3.8, 4) is 39.9 Å². The van der Waals surface area contributed by atoms with Crippen LogP contribution in [0.1, 0.15) is 40.7 Å². The number of phenolic OH excluding ortho intramolecular Hbond substituents is 3. The van der Waals surface area contributed by atoms with Crippen molar-refractivity contribution in [3.05, 3.63) is 101 Å². The number of aryl methyl sites for hydroxylation is 4. The van der Waals surface area contributed by atoms with Gasteiger partial charge in [0.25, 0.3) is 0 Å². The number of ether oxygens (including phenoxy) is 1. The van der Waals surface area contributed by atoms with Gasteiger partial charge in [0, 0.05) is 36.3 Å². The van der Waals surface area contributed by atoms with Crippen LogP contribution < -0.4 is 4.74 Å². The van der Waals surface area contributed by atoms with Crippen LogP contribution in [-0.4, -0.2) is 44.5 Å². The molecule has 206 valence electrons. The summed E-state index contributed by atoms with van der Waals surface area (Å²) in [5, 5.41) is 43.0. The molecule has 6 nitrogen and oxygen atoms in total. The molecule has 0 amide bonds. The number of phenols is 3. The highest BCUT2D eigenvalue weighted by atomic mass is 16.5. The molecule has 5 aliphatic heterocycles. The van der Waals surface area contributed by atoms with Crippen molar-refractivity contribution in [1.29, 1.82) is 0 Å². The number of aliphatic hydroxyl groups is 1. The molecule has 5 aliphatic rings. The molecule has 0 radical (unpaired) electrons. The molecule has 40 heavy (non-hydrogen) atoms. The van der Waals surface area contributed by atoms with E-state index >= 15 is 0 Å². The highest BCUT2D eigenvalue weighted by Gasteiger charge is 2.22. The molecule has 0 saturated carbocycles. The molecular weight excluding hydrogens is 502 g/mol. The summed E-state index contributed by atoms with van der Waals surface area (Å²) in [6.45, 7) is 2.18. The molecule has 9 rings (SSSR count). The fraction of sp³-hybridized carbons (Fsp3) is 0.294. The Bertz CT molecular complexity index is 1510. The van der Waals surface area contributed by atoms with Crippen LogP contribution in [0, 0.1) is 0 Å². The van der Waals surface area contributed by atoms with Gasteiger partial charge in [-0.25, -0.2) is 0 Å². The molecule has 6 heteroatoms. The van der Waals surface area contributed by atoms with E-state index in [0.29, 0.717) is 48.4 Å². The van der Waals surface area contributed by atoms with Crippen molar-refractivity contribution in [1.82, 2.24) is 4.90 Å². The lowest BCUT2D eigenvalue weighted by Crippen LogP contribution is -2.35. The molecular formula is C34H35NO5. The monoisotopic (exact) mass is 537 g/mol. The van der Waals surface area contributed by atoms with Crippen LogP contribution in [0.4, 0.5) is 0 Å². The first-order valence-electron chi connectivity index (χ1n) is 14.1. The molecule has 1 saturated heterocycles. The predicted octanol–water partition coefficient (Wildman–Crippen LogP) is 6.10. The van der Waals surface area contributed by atoms with Gasteiger partial charge in [-0.2, -0.15) is 0 Å². The van der Waals surface area contributed by atoms with Crippen LogP contribution in [0.2, 0.25) is 0 Å². The van der Waals surface area contributed by atoms with Crippen LogP contribution in [0.25, 0.3) is 11.1 Å². The fourth-order valence-corrected chi connectivity index (χ4v) is 5.79. The van der Waals surface area contributed by atoms with E-state index in [4.69, 9.17) is 4.74 Å². The number of nitrogens with zero attached hydrogens (tertiary/aromatic N) is 1. The fourth-order valence-electron chi connectivity index (χ4n) is 5.79. The summed E-state index contributed by atoms with van der Waals surface area (Å²) in [5.74, 6) is 1.53. The predicted molar refractivity (Wildman–Crippen MR) is 155 cm³/mol. The summed E-state index contributed by atoms with van der Waals surface area (Å²) in [4.78, 5) is 2.26. The lowest BCUT2D eigenvalue weighted by Gasteiger charge is -2.30. The third-order valence-electron chi connectivity index (χ3n) is 8.19. The van der Waals surface area contributed by atoms with E-state index in [2.05, 4.69) is 11.0 Å². The third kappa shape index (κ3) is 5.64. The Morgan fingerprint density at radius 1 is 0.700 bits per heavy atom. The standard InChI is InChI=1S/C34H35NO5/c36-27-15-17-35(18-16-27)21-26-10-9-25-8-3-22-4-11-28(12-5-22)40-32-20-24(7-14-30(32)37)2-1-23-6-13-29(31(38)19-23)33(25)34(26)39/h4-7,9-14,19-20,27,36-39H,1-3,8,15-18,21H2. The van der Waals surface area contributed by atoms with Crippen LogP contribution >= 0.6 is 0 Å². The minimum absolute atomic E-state index is 0.0953. The number of piperidine rings is 1. The topological polar surface area (TPSA) is 93.4 Å². The van der Waals surface area contributed by atoms with Gasteiger partial charge in [-0.1, -0.05) is 42.5 Å². The van der Waals surface area contributed by atoms with Gasteiger partial charge in [0.05, 0.1) is 6.10 Å². The third-order valence-corrected chi connectivity index (χ3v) is 8.19. The molecule has 0 spiro atoms. The second kappa shape index (κ2) is 11.2. The highest BCUT2D eigenvalue weighted by Crippen LogP contribution is 2.42. The largest absolute Gasteiger partial charge is 0.507 e. The first kappa shape index (κ1) is 26.2. The molecule has 4 aromatic carbocycles. The Labute approximate surface area is 234 Å². The van der Waals surface area contributed by atoms with Crippen molar-refractivity contribution in [2.45, 2.75) is 51.2 Å². The second-order valence-electron chi connectivity index (χ2n) is 11.0. The van der Waals surface area contributed by atoms with Gasteiger partial charge in [-0.15, -0.1) is 0 Å². The minimum Gasteiger partial charge on any atom is -0.507 e. The summed E-state index contributed by atoms with van der Waals surface area (Å²) in [7, 11) is 0. The van der Waals surface area contributed by atoms with E-state index in [1.165, 1.54) is 0 Å². The molecule has 1 fully saturated rings. The summed E-state index contributed by atoms with van der Waals surface area (Å²) < 4.78 is 6.00. The molecule has 4 aromatic rings. The zero-order valence-electron chi connectivity index (χ0n) is 22.5. The van der Waals surface area contributed by atoms with E-state index in [0.717, 1.165) is 60.2 Å². The Kier molecular flexibility index (Phi) is 7.37. The number of benzene rings is 4.